The first-order valence-electron chi connectivity index (χ1n) is 7.12. The van der Waals surface area contributed by atoms with Gasteiger partial charge in [0.2, 0.25) is 10.0 Å². The lowest BCUT2D eigenvalue weighted by Gasteiger charge is -2.21. The van der Waals surface area contributed by atoms with Crippen molar-refractivity contribution in [2.75, 3.05) is 6.54 Å². The van der Waals surface area contributed by atoms with Crippen LogP contribution in [0.2, 0.25) is 0 Å². The maximum absolute atomic E-state index is 13.9. The molecule has 0 bridgehead atoms. The average molecular weight is 402 g/mol. The number of nitrogens with zero attached hydrogens (tertiary/aromatic N) is 2. The summed E-state index contributed by atoms with van der Waals surface area (Å²) in [5.74, 6) is -10.3. The smallest absolute Gasteiger partial charge is 0.318 e. The van der Waals surface area contributed by atoms with Crippen molar-refractivity contribution < 1.29 is 35.9 Å². The van der Waals surface area contributed by atoms with E-state index < -0.39 is 57.2 Å². The van der Waals surface area contributed by atoms with Crippen LogP contribution in [0.15, 0.2) is 35.2 Å². The van der Waals surface area contributed by atoms with Gasteiger partial charge in [0.25, 0.3) is 0 Å². The van der Waals surface area contributed by atoms with E-state index in [-0.39, 0.29) is 21.5 Å². The summed E-state index contributed by atoms with van der Waals surface area (Å²) >= 11 is 0. The number of hydrogen-bond acceptors (Lipinski definition) is 4. The van der Waals surface area contributed by atoms with Crippen LogP contribution in [0.25, 0.3) is 0 Å². The summed E-state index contributed by atoms with van der Waals surface area (Å²) in [5.41, 5.74) is 0.0910. The van der Waals surface area contributed by atoms with E-state index in [0.29, 0.717) is 0 Å². The predicted octanol–water partition coefficient (Wildman–Crippen LogP) is 2.39. The van der Waals surface area contributed by atoms with Gasteiger partial charge in [-0.25, -0.2) is 26.0 Å². The molecule has 2 aromatic rings. The standard InChI is InChI=1S/C16H10F4N2O4S/c17-11-5-12(15(19)16(20)14(11)18)27(25,26)22(8-13(23)24)7-10-4-2-1-3-9(10)6-21/h1-5H,7-8H2,(H,23,24). The van der Waals surface area contributed by atoms with Crippen molar-refractivity contribution in [3.63, 3.8) is 0 Å². The fourth-order valence-corrected chi connectivity index (χ4v) is 3.65. The maximum Gasteiger partial charge on any atom is 0.318 e. The van der Waals surface area contributed by atoms with Crippen molar-refractivity contribution in [2.45, 2.75) is 11.4 Å². The van der Waals surface area contributed by atoms with Crippen LogP contribution in [0.1, 0.15) is 11.1 Å². The van der Waals surface area contributed by atoms with Crippen LogP contribution in [0, 0.1) is 34.6 Å². The van der Waals surface area contributed by atoms with Gasteiger partial charge in [-0.1, -0.05) is 18.2 Å². The summed E-state index contributed by atoms with van der Waals surface area (Å²) in [6.07, 6.45) is 0. The normalized spacial score (nSPS) is 11.4. The zero-order valence-corrected chi connectivity index (χ0v) is 14.1. The van der Waals surface area contributed by atoms with Crippen LogP contribution in [0.3, 0.4) is 0 Å². The maximum atomic E-state index is 13.9. The van der Waals surface area contributed by atoms with Gasteiger partial charge in [-0.3, -0.25) is 4.79 Å². The molecule has 0 aliphatic carbocycles. The Hall–Kier alpha value is -2.97. The van der Waals surface area contributed by atoms with Crippen LogP contribution in [0.4, 0.5) is 17.6 Å². The Kier molecular flexibility index (Phi) is 5.82. The molecule has 142 valence electrons. The molecule has 0 aliphatic rings. The quantitative estimate of drug-likeness (QED) is 0.455. The molecule has 0 aromatic heterocycles. The summed E-state index contributed by atoms with van der Waals surface area (Å²) < 4.78 is 79.2. The van der Waals surface area contributed by atoms with E-state index in [0.717, 1.165) is 0 Å². The third kappa shape index (κ3) is 4.07. The highest BCUT2D eigenvalue weighted by Gasteiger charge is 2.33. The Bertz CT molecular complexity index is 1050. The number of carboxylic acids is 1. The van der Waals surface area contributed by atoms with Crippen LogP contribution in [-0.4, -0.2) is 30.3 Å². The lowest BCUT2D eigenvalue weighted by molar-refractivity contribution is -0.137. The van der Waals surface area contributed by atoms with Gasteiger partial charge in [0.15, 0.2) is 23.3 Å². The molecule has 11 heteroatoms. The fraction of sp³-hybridized carbons (Fsp3) is 0.125. The first kappa shape index (κ1) is 20.3. The van der Waals surface area contributed by atoms with Gasteiger partial charge in [0, 0.05) is 12.6 Å². The van der Waals surface area contributed by atoms with Crippen LogP contribution in [-0.2, 0) is 21.4 Å². The predicted molar refractivity (Wildman–Crippen MR) is 82.7 cm³/mol. The SMILES string of the molecule is N#Cc1ccccc1CN(CC(=O)O)S(=O)(=O)c1cc(F)c(F)c(F)c1F. The molecule has 2 rings (SSSR count). The fourth-order valence-electron chi connectivity index (χ4n) is 2.21. The molecule has 0 aliphatic heterocycles. The number of carboxylic acid groups (broad SMARTS) is 1. The monoisotopic (exact) mass is 402 g/mol. The number of sulfonamides is 1. The highest BCUT2D eigenvalue weighted by molar-refractivity contribution is 7.89. The average Bonchev–Trinajstić information content (AvgIpc) is 2.62. The summed E-state index contributed by atoms with van der Waals surface area (Å²) in [5, 5.41) is 18.0. The molecule has 2 aromatic carbocycles. The molecule has 27 heavy (non-hydrogen) atoms. The van der Waals surface area contributed by atoms with Gasteiger partial charge >= 0.3 is 5.97 Å². The van der Waals surface area contributed by atoms with Crippen LogP contribution < -0.4 is 0 Å². The zero-order chi connectivity index (χ0) is 20.4. The van der Waals surface area contributed by atoms with Crippen molar-refractivity contribution in [3.05, 3.63) is 64.7 Å². The van der Waals surface area contributed by atoms with Gasteiger partial charge in [-0.2, -0.15) is 9.57 Å². The van der Waals surface area contributed by atoms with E-state index in [4.69, 9.17) is 10.4 Å². The minimum absolute atomic E-state index is 0.0139. The van der Waals surface area contributed by atoms with Gasteiger partial charge in [0.1, 0.15) is 11.4 Å². The first-order chi connectivity index (χ1) is 12.6. The molecule has 0 heterocycles. The van der Waals surface area contributed by atoms with Gasteiger partial charge in [-0.15, -0.1) is 0 Å². The van der Waals surface area contributed by atoms with Gasteiger partial charge < -0.3 is 5.11 Å². The van der Waals surface area contributed by atoms with E-state index in [9.17, 15) is 30.8 Å². The topological polar surface area (TPSA) is 98.5 Å². The lowest BCUT2D eigenvalue weighted by Crippen LogP contribution is -2.36. The first-order valence-corrected chi connectivity index (χ1v) is 8.56. The van der Waals surface area contributed by atoms with Crippen molar-refractivity contribution in [1.82, 2.24) is 4.31 Å². The van der Waals surface area contributed by atoms with Crippen molar-refractivity contribution in [2.24, 2.45) is 0 Å². The third-order valence-electron chi connectivity index (χ3n) is 3.48. The van der Waals surface area contributed by atoms with Crippen molar-refractivity contribution in [3.8, 4) is 6.07 Å². The second-order valence-electron chi connectivity index (χ2n) is 5.23. The lowest BCUT2D eigenvalue weighted by atomic mass is 10.1. The number of carbonyl (C=O) groups is 1. The minimum atomic E-state index is -5.09. The van der Waals surface area contributed by atoms with Crippen molar-refractivity contribution >= 4 is 16.0 Å². The highest BCUT2D eigenvalue weighted by atomic mass is 32.2. The van der Waals surface area contributed by atoms with Crippen molar-refractivity contribution in [1.29, 1.82) is 5.26 Å². The molecule has 0 radical (unpaired) electrons. The molecule has 0 atom stereocenters. The van der Waals surface area contributed by atoms with E-state index in [1.54, 1.807) is 6.07 Å². The molecule has 0 unspecified atom stereocenters. The Morgan fingerprint density at radius 2 is 1.74 bits per heavy atom. The number of halogens is 4. The molecular weight excluding hydrogens is 392 g/mol. The molecule has 0 saturated heterocycles. The number of rotatable bonds is 6. The van der Waals surface area contributed by atoms with Crippen LogP contribution >= 0.6 is 0 Å². The van der Waals surface area contributed by atoms with E-state index in [1.165, 1.54) is 24.3 Å². The summed E-state index contributed by atoms with van der Waals surface area (Å²) in [4.78, 5) is 9.47. The zero-order valence-electron chi connectivity index (χ0n) is 13.3. The Morgan fingerprint density at radius 1 is 1.11 bits per heavy atom. The molecular formula is C16H10F4N2O4S. The molecule has 6 nitrogen and oxygen atoms in total. The third-order valence-corrected chi connectivity index (χ3v) is 5.27. The molecule has 0 amide bonds. The Labute approximate surface area is 150 Å². The van der Waals surface area contributed by atoms with E-state index >= 15 is 0 Å². The number of benzene rings is 2. The summed E-state index contributed by atoms with van der Waals surface area (Å²) in [6.45, 7) is -1.89. The van der Waals surface area contributed by atoms with Gasteiger partial charge in [0.05, 0.1) is 11.6 Å². The van der Waals surface area contributed by atoms with Gasteiger partial charge in [-0.05, 0) is 11.6 Å². The molecule has 0 saturated carbocycles. The van der Waals surface area contributed by atoms with Crippen LogP contribution in [0.5, 0.6) is 0 Å². The second kappa shape index (κ2) is 7.73. The number of hydrogen-bond donors (Lipinski definition) is 1. The Balaban J connectivity index is 2.60. The number of aliphatic carboxylic acids is 1. The summed E-state index contributed by atoms with van der Waals surface area (Å²) in [7, 11) is -5.09. The Morgan fingerprint density at radius 3 is 2.33 bits per heavy atom. The summed E-state index contributed by atoms with van der Waals surface area (Å²) in [6, 6.07) is 7.27. The molecule has 0 fully saturated rings. The van der Waals surface area contributed by atoms with E-state index in [2.05, 4.69) is 0 Å². The molecule has 1 N–H and O–H groups in total. The van der Waals surface area contributed by atoms with E-state index in [1.807, 2.05) is 0 Å². The minimum Gasteiger partial charge on any atom is -0.480 e. The number of nitriles is 1. The highest BCUT2D eigenvalue weighted by Crippen LogP contribution is 2.26. The molecule has 0 spiro atoms. The largest absolute Gasteiger partial charge is 0.480 e. The second-order valence-corrected chi connectivity index (χ2v) is 7.14.